The van der Waals surface area contributed by atoms with Crippen LogP contribution in [0.3, 0.4) is 0 Å². The summed E-state index contributed by atoms with van der Waals surface area (Å²) in [4.78, 5) is 37.3. The van der Waals surface area contributed by atoms with Crippen LogP contribution in [0.5, 0.6) is 0 Å². The van der Waals surface area contributed by atoms with Gasteiger partial charge in [0.1, 0.15) is 5.76 Å². The molecule has 0 aliphatic carbocycles. The zero-order valence-electron chi connectivity index (χ0n) is 17.7. The zero-order valence-corrected chi connectivity index (χ0v) is 18.5. The second-order valence-corrected chi connectivity index (χ2v) is 8.08. The number of nitrogens with one attached hydrogen (secondary N) is 1. The fourth-order valence-electron chi connectivity index (χ4n) is 2.76. The minimum absolute atomic E-state index is 0.0199. The Balaban J connectivity index is 1.74. The van der Waals surface area contributed by atoms with Crippen molar-refractivity contribution < 1.29 is 23.8 Å². The third kappa shape index (κ3) is 5.73. The van der Waals surface area contributed by atoms with E-state index in [9.17, 15) is 19.7 Å². The zero-order chi connectivity index (χ0) is 23.3. The van der Waals surface area contributed by atoms with Crippen molar-refractivity contribution >= 4 is 35.1 Å². The van der Waals surface area contributed by atoms with Crippen molar-refractivity contribution in [2.75, 3.05) is 5.32 Å². The van der Waals surface area contributed by atoms with Crippen molar-refractivity contribution in [3.8, 4) is 0 Å². The minimum atomic E-state index is -1.10. The summed E-state index contributed by atoms with van der Waals surface area (Å²) in [5.74, 6) is -0.690. The Hall–Kier alpha value is -3.66. The van der Waals surface area contributed by atoms with Crippen LogP contribution in [0, 0.1) is 24.0 Å². The van der Waals surface area contributed by atoms with Gasteiger partial charge in [-0.25, -0.2) is 4.79 Å². The maximum Gasteiger partial charge on any atom is 0.339 e. The molecule has 1 amide bonds. The number of nitro groups is 1. The number of aryl methyl sites for hydroxylation is 2. The molecule has 0 saturated carbocycles. The van der Waals surface area contributed by atoms with Gasteiger partial charge in [0.15, 0.2) is 11.9 Å². The molecule has 3 rings (SSSR count). The molecule has 0 saturated heterocycles. The molecule has 1 aromatic heterocycles. The molecule has 32 heavy (non-hydrogen) atoms. The summed E-state index contributed by atoms with van der Waals surface area (Å²) < 4.78 is 10.2. The number of anilines is 1. The van der Waals surface area contributed by atoms with Gasteiger partial charge < -0.3 is 14.6 Å². The van der Waals surface area contributed by atoms with Gasteiger partial charge in [-0.15, -0.1) is 0 Å². The fourth-order valence-corrected chi connectivity index (χ4v) is 3.66. The lowest BCUT2D eigenvalue weighted by molar-refractivity contribution is -0.387. The third-order valence-electron chi connectivity index (χ3n) is 4.43. The molecular weight excluding hydrogens is 434 g/mol. The lowest BCUT2D eigenvalue weighted by Gasteiger charge is -2.15. The number of amides is 1. The first-order valence-electron chi connectivity index (χ1n) is 9.75. The first kappa shape index (κ1) is 23.0. The summed E-state index contributed by atoms with van der Waals surface area (Å²) in [6, 6.07) is 13.2. The first-order valence-corrected chi connectivity index (χ1v) is 10.6. The van der Waals surface area contributed by atoms with Crippen LogP contribution >= 0.6 is 11.8 Å². The van der Waals surface area contributed by atoms with Crippen LogP contribution in [0.15, 0.2) is 62.8 Å². The number of carbonyl (C=O) groups excluding carboxylic acids is 2. The average Bonchev–Trinajstić information content (AvgIpc) is 3.17. The molecule has 0 fully saturated rings. The van der Waals surface area contributed by atoms with Gasteiger partial charge in [0.05, 0.1) is 15.4 Å². The van der Waals surface area contributed by atoms with E-state index in [1.54, 1.807) is 13.8 Å². The van der Waals surface area contributed by atoms with Crippen molar-refractivity contribution in [2.45, 2.75) is 43.1 Å². The highest BCUT2D eigenvalue weighted by molar-refractivity contribution is 7.99. The number of benzene rings is 2. The summed E-state index contributed by atoms with van der Waals surface area (Å²) in [5, 5.41) is 17.8. The number of esters is 1. The smallest absolute Gasteiger partial charge is 0.339 e. The van der Waals surface area contributed by atoms with Gasteiger partial charge in [-0.1, -0.05) is 41.5 Å². The highest BCUT2D eigenvalue weighted by Crippen LogP contribution is 2.35. The standard InChI is InChI=1S/C22H21N3O6S/c1-4-18(21(26)23-20-11-14(3)31-24-20)30-22(27)15-7-10-19(17(12-15)25(28)29)32-16-8-5-13(2)6-9-16/h5-12,18H,4H2,1-3H3,(H,23,24,26). The van der Waals surface area contributed by atoms with E-state index in [0.717, 1.165) is 16.5 Å². The van der Waals surface area contributed by atoms with E-state index in [1.165, 1.54) is 30.0 Å². The van der Waals surface area contributed by atoms with Gasteiger partial charge in [0.2, 0.25) is 0 Å². The molecule has 0 aliphatic rings. The van der Waals surface area contributed by atoms with Crippen molar-refractivity contribution in [2.24, 2.45) is 0 Å². The van der Waals surface area contributed by atoms with Gasteiger partial charge >= 0.3 is 5.97 Å². The molecule has 0 radical (unpaired) electrons. The Labute approximate surface area is 188 Å². The van der Waals surface area contributed by atoms with Crippen LogP contribution in [0.2, 0.25) is 0 Å². The van der Waals surface area contributed by atoms with Crippen molar-refractivity contribution in [3.05, 3.63) is 75.5 Å². The van der Waals surface area contributed by atoms with Crippen LogP contribution in [-0.2, 0) is 9.53 Å². The SMILES string of the molecule is CCC(OC(=O)c1ccc(Sc2ccc(C)cc2)c([N+](=O)[O-])c1)C(=O)Nc1cc(C)on1. The third-order valence-corrected chi connectivity index (χ3v) is 5.50. The highest BCUT2D eigenvalue weighted by Gasteiger charge is 2.25. The number of carbonyl (C=O) groups is 2. The van der Waals surface area contributed by atoms with Gasteiger partial charge in [0.25, 0.3) is 11.6 Å². The van der Waals surface area contributed by atoms with E-state index in [2.05, 4.69) is 10.5 Å². The molecular formula is C22H21N3O6S. The molecule has 9 nitrogen and oxygen atoms in total. The summed E-state index contributed by atoms with van der Waals surface area (Å²) >= 11 is 1.22. The van der Waals surface area contributed by atoms with Crippen LogP contribution in [-0.4, -0.2) is 28.1 Å². The lowest BCUT2D eigenvalue weighted by Crippen LogP contribution is -2.32. The van der Waals surface area contributed by atoms with E-state index in [0.29, 0.717) is 10.7 Å². The van der Waals surface area contributed by atoms with Crippen molar-refractivity contribution in [1.82, 2.24) is 5.16 Å². The van der Waals surface area contributed by atoms with Crippen LogP contribution < -0.4 is 5.32 Å². The molecule has 3 aromatic rings. The number of aromatic nitrogens is 1. The van der Waals surface area contributed by atoms with Crippen LogP contribution in [0.1, 0.15) is 35.0 Å². The van der Waals surface area contributed by atoms with Gasteiger partial charge in [-0.2, -0.15) is 0 Å². The van der Waals surface area contributed by atoms with E-state index >= 15 is 0 Å². The monoisotopic (exact) mass is 455 g/mol. The summed E-state index contributed by atoms with van der Waals surface area (Å²) in [5.41, 5.74) is 0.837. The van der Waals surface area contributed by atoms with E-state index in [4.69, 9.17) is 9.26 Å². The first-order chi connectivity index (χ1) is 15.3. The maximum atomic E-state index is 12.6. The van der Waals surface area contributed by atoms with Gasteiger partial charge in [0, 0.05) is 17.0 Å². The van der Waals surface area contributed by atoms with E-state index in [1.807, 2.05) is 31.2 Å². The normalized spacial score (nSPS) is 11.6. The molecule has 2 aromatic carbocycles. The second kappa shape index (κ2) is 10.1. The predicted molar refractivity (Wildman–Crippen MR) is 118 cm³/mol. The van der Waals surface area contributed by atoms with Crippen molar-refractivity contribution in [3.63, 3.8) is 0 Å². The number of ether oxygens (including phenoxy) is 1. The molecule has 1 atom stereocenters. The summed E-state index contributed by atoms with van der Waals surface area (Å²) in [7, 11) is 0. The largest absolute Gasteiger partial charge is 0.449 e. The molecule has 166 valence electrons. The Morgan fingerprint density at radius 2 is 1.91 bits per heavy atom. The number of rotatable bonds is 8. The molecule has 10 heteroatoms. The highest BCUT2D eigenvalue weighted by atomic mass is 32.2. The fraction of sp³-hybridized carbons (Fsp3) is 0.227. The quantitative estimate of drug-likeness (QED) is 0.288. The minimum Gasteiger partial charge on any atom is -0.449 e. The average molecular weight is 455 g/mol. The van der Waals surface area contributed by atoms with Gasteiger partial charge in [-0.05, 0) is 44.5 Å². The number of nitrogens with zero attached hydrogens (tertiary/aromatic N) is 2. The number of hydrogen-bond acceptors (Lipinski definition) is 8. The Bertz CT molecular complexity index is 1140. The summed E-state index contributed by atoms with van der Waals surface area (Å²) in [6.45, 7) is 5.30. The molecule has 0 bridgehead atoms. The molecule has 1 heterocycles. The topological polar surface area (TPSA) is 125 Å². The second-order valence-electron chi connectivity index (χ2n) is 6.97. The maximum absolute atomic E-state index is 12.6. The van der Waals surface area contributed by atoms with Crippen LogP contribution in [0.25, 0.3) is 0 Å². The van der Waals surface area contributed by atoms with Crippen LogP contribution in [0.4, 0.5) is 11.5 Å². The molecule has 1 N–H and O–H groups in total. The molecule has 1 unspecified atom stereocenters. The van der Waals surface area contributed by atoms with E-state index < -0.39 is 22.9 Å². The Morgan fingerprint density at radius 3 is 2.50 bits per heavy atom. The Morgan fingerprint density at radius 1 is 1.19 bits per heavy atom. The van der Waals surface area contributed by atoms with Crippen molar-refractivity contribution in [1.29, 1.82) is 0 Å². The predicted octanol–water partition coefficient (Wildman–Crippen LogP) is 4.92. The van der Waals surface area contributed by atoms with Gasteiger partial charge in [-0.3, -0.25) is 14.9 Å². The summed E-state index contributed by atoms with van der Waals surface area (Å²) in [6.07, 6.45) is -0.891. The molecule has 0 aliphatic heterocycles. The number of hydrogen-bond donors (Lipinski definition) is 1. The molecule has 0 spiro atoms. The van der Waals surface area contributed by atoms with E-state index in [-0.39, 0.29) is 23.5 Å². The number of nitro benzene ring substituents is 1. The Kier molecular flexibility index (Phi) is 7.26. The lowest BCUT2D eigenvalue weighted by atomic mass is 10.2.